The molecule has 0 radical (unpaired) electrons. The third-order valence-electron chi connectivity index (χ3n) is 2.08. The first-order chi connectivity index (χ1) is 4.61. The van der Waals surface area contributed by atoms with Crippen LogP contribution in [0.3, 0.4) is 0 Å². The van der Waals surface area contributed by atoms with Crippen molar-refractivity contribution in [3.05, 3.63) is 0 Å². The molecule has 0 aromatic carbocycles. The van der Waals surface area contributed by atoms with E-state index in [-0.39, 0.29) is 5.91 Å². The van der Waals surface area contributed by atoms with Crippen LogP contribution in [0.5, 0.6) is 0 Å². The van der Waals surface area contributed by atoms with Crippen molar-refractivity contribution in [3.8, 4) is 0 Å². The molecule has 2 nitrogen and oxygen atoms in total. The summed E-state index contributed by atoms with van der Waals surface area (Å²) in [7, 11) is 0. The Morgan fingerprint density at radius 3 is 2.50 bits per heavy atom. The van der Waals surface area contributed by atoms with Gasteiger partial charge < -0.3 is 5.32 Å². The molecule has 1 fully saturated rings. The van der Waals surface area contributed by atoms with Crippen LogP contribution in [0.2, 0.25) is 0 Å². The normalized spacial score (nSPS) is 30.4. The second-order valence-electron chi connectivity index (χ2n) is 3.45. The van der Waals surface area contributed by atoms with E-state index >= 15 is 0 Å². The predicted molar refractivity (Wildman–Crippen MR) is 40.5 cm³/mol. The third kappa shape index (κ3) is 1.72. The summed E-state index contributed by atoms with van der Waals surface area (Å²) in [6, 6.07) is 0.484. The van der Waals surface area contributed by atoms with Crippen LogP contribution >= 0.6 is 0 Å². The van der Waals surface area contributed by atoms with Crippen molar-refractivity contribution < 1.29 is 4.79 Å². The van der Waals surface area contributed by atoms with Crippen LogP contribution in [0.4, 0.5) is 0 Å². The number of hydrogen-bond donors (Lipinski definition) is 1. The Morgan fingerprint density at radius 2 is 2.20 bits per heavy atom. The number of nitrogens with one attached hydrogen (secondary N) is 1. The first-order valence-corrected chi connectivity index (χ1v) is 3.88. The molecule has 0 spiro atoms. The van der Waals surface area contributed by atoms with Crippen LogP contribution in [0, 0.1) is 11.8 Å². The summed E-state index contributed by atoms with van der Waals surface area (Å²) in [6.07, 6.45) is 1.18. The van der Waals surface area contributed by atoms with Gasteiger partial charge in [-0.05, 0) is 18.3 Å². The maximum absolute atomic E-state index is 10.6. The fourth-order valence-corrected chi connectivity index (χ4v) is 1.38. The van der Waals surface area contributed by atoms with Gasteiger partial charge >= 0.3 is 0 Å². The second kappa shape index (κ2) is 2.60. The monoisotopic (exact) mass is 141 g/mol. The highest BCUT2D eigenvalue weighted by molar-refractivity contribution is 5.73. The molecule has 1 saturated carbocycles. The van der Waals surface area contributed by atoms with E-state index in [4.69, 9.17) is 0 Å². The lowest BCUT2D eigenvalue weighted by Gasteiger charge is -2.02. The van der Waals surface area contributed by atoms with Crippen LogP contribution in [0.1, 0.15) is 27.2 Å². The van der Waals surface area contributed by atoms with Crippen LogP contribution in [0.15, 0.2) is 0 Å². The average molecular weight is 141 g/mol. The highest BCUT2D eigenvalue weighted by Gasteiger charge is 2.39. The van der Waals surface area contributed by atoms with Crippen LogP contribution < -0.4 is 5.32 Å². The van der Waals surface area contributed by atoms with Crippen LogP contribution in [0.25, 0.3) is 0 Å². The SMILES string of the molecule is CC(=O)N[C@@H]1C[C@@H]1C(C)C. The molecule has 10 heavy (non-hydrogen) atoms. The van der Waals surface area contributed by atoms with E-state index < -0.39 is 0 Å². The van der Waals surface area contributed by atoms with E-state index in [0.717, 1.165) is 11.8 Å². The van der Waals surface area contributed by atoms with Gasteiger partial charge in [0.2, 0.25) is 5.91 Å². The molecular formula is C8H15NO. The summed E-state index contributed by atoms with van der Waals surface area (Å²) in [6.45, 7) is 5.98. The van der Waals surface area contributed by atoms with Crippen molar-refractivity contribution in [1.29, 1.82) is 0 Å². The Morgan fingerprint density at radius 1 is 1.60 bits per heavy atom. The first kappa shape index (κ1) is 7.58. The summed E-state index contributed by atoms with van der Waals surface area (Å²) in [5.74, 6) is 1.56. The van der Waals surface area contributed by atoms with Gasteiger partial charge in [-0.3, -0.25) is 4.79 Å². The first-order valence-electron chi connectivity index (χ1n) is 3.88. The fraction of sp³-hybridized carbons (Fsp3) is 0.875. The molecular weight excluding hydrogens is 126 g/mol. The molecule has 0 aliphatic heterocycles. The topological polar surface area (TPSA) is 29.1 Å². The Hall–Kier alpha value is -0.530. The van der Waals surface area contributed by atoms with Crippen LogP contribution in [-0.2, 0) is 4.79 Å². The van der Waals surface area contributed by atoms with E-state index in [1.54, 1.807) is 6.92 Å². The summed E-state index contributed by atoms with van der Waals surface area (Å²) in [5, 5.41) is 2.91. The summed E-state index contributed by atoms with van der Waals surface area (Å²) in [4.78, 5) is 10.6. The number of carbonyl (C=O) groups excluding carboxylic acids is 1. The van der Waals surface area contributed by atoms with Crippen molar-refractivity contribution in [2.75, 3.05) is 0 Å². The number of rotatable bonds is 2. The molecule has 0 saturated heterocycles. The lowest BCUT2D eigenvalue weighted by Crippen LogP contribution is -2.24. The zero-order chi connectivity index (χ0) is 7.72. The van der Waals surface area contributed by atoms with Gasteiger partial charge in [0, 0.05) is 13.0 Å². The zero-order valence-corrected chi connectivity index (χ0v) is 6.85. The molecule has 1 aliphatic rings. The number of hydrogen-bond acceptors (Lipinski definition) is 1. The maximum atomic E-state index is 10.6. The summed E-state index contributed by atoms with van der Waals surface area (Å²) < 4.78 is 0. The van der Waals surface area contributed by atoms with Gasteiger partial charge in [0.15, 0.2) is 0 Å². The standard InChI is InChI=1S/C8H15NO/c1-5(2)7-4-8(7)9-6(3)10/h5,7-8H,4H2,1-3H3,(H,9,10)/t7-,8-/m1/s1. The van der Waals surface area contributed by atoms with Crippen molar-refractivity contribution in [3.63, 3.8) is 0 Å². The minimum Gasteiger partial charge on any atom is -0.353 e. The lowest BCUT2D eigenvalue weighted by molar-refractivity contribution is -0.119. The van der Waals surface area contributed by atoms with Gasteiger partial charge in [-0.1, -0.05) is 13.8 Å². The van der Waals surface area contributed by atoms with E-state index in [1.807, 2.05) is 0 Å². The van der Waals surface area contributed by atoms with Crippen molar-refractivity contribution in [1.82, 2.24) is 5.32 Å². The molecule has 0 unspecified atom stereocenters. The Balaban J connectivity index is 2.19. The Bertz CT molecular complexity index is 142. The third-order valence-corrected chi connectivity index (χ3v) is 2.08. The molecule has 1 N–H and O–H groups in total. The zero-order valence-electron chi connectivity index (χ0n) is 6.85. The molecule has 1 amide bonds. The predicted octanol–water partition coefficient (Wildman–Crippen LogP) is 1.17. The van der Waals surface area contributed by atoms with E-state index in [9.17, 15) is 4.79 Å². The molecule has 2 atom stereocenters. The molecule has 1 aliphatic carbocycles. The number of carbonyl (C=O) groups is 1. The molecule has 0 aromatic heterocycles. The van der Waals surface area contributed by atoms with E-state index in [0.29, 0.717) is 6.04 Å². The van der Waals surface area contributed by atoms with E-state index in [1.165, 1.54) is 6.42 Å². The maximum Gasteiger partial charge on any atom is 0.217 e. The Kier molecular flexibility index (Phi) is 1.97. The van der Waals surface area contributed by atoms with Gasteiger partial charge in [-0.2, -0.15) is 0 Å². The highest BCUT2D eigenvalue weighted by Crippen LogP contribution is 2.36. The summed E-state index contributed by atoms with van der Waals surface area (Å²) in [5.41, 5.74) is 0. The van der Waals surface area contributed by atoms with Gasteiger partial charge in [0.05, 0.1) is 0 Å². The van der Waals surface area contributed by atoms with Crippen LogP contribution in [-0.4, -0.2) is 11.9 Å². The quantitative estimate of drug-likeness (QED) is 0.614. The summed E-state index contributed by atoms with van der Waals surface area (Å²) >= 11 is 0. The molecule has 58 valence electrons. The number of amides is 1. The van der Waals surface area contributed by atoms with Crippen molar-refractivity contribution in [2.45, 2.75) is 33.2 Å². The minimum absolute atomic E-state index is 0.105. The molecule has 0 aromatic rings. The van der Waals surface area contributed by atoms with Crippen molar-refractivity contribution in [2.24, 2.45) is 11.8 Å². The highest BCUT2D eigenvalue weighted by atomic mass is 16.1. The average Bonchev–Trinajstić information content (AvgIpc) is 2.43. The molecule has 2 heteroatoms. The molecule has 0 heterocycles. The minimum atomic E-state index is 0.105. The van der Waals surface area contributed by atoms with Gasteiger partial charge in [-0.15, -0.1) is 0 Å². The Labute approximate surface area is 62.0 Å². The van der Waals surface area contributed by atoms with Gasteiger partial charge in [0.25, 0.3) is 0 Å². The van der Waals surface area contributed by atoms with Crippen molar-refractivity contribution >= 4 is 5.91 Å². The molecule has 1 rings (SSSR count). The van der Waals surface area contributed by atoms with E-state index in [2.05, 4.69) is 19.2 Å². The largest absolute Gasteiger partial charge is 0.353 e. The fourth-order valence-electron chi connectivity index (χ4n) is 1.38. The lowest BCUT2D eigenvalue weighted by atomic mass is 10.1. The second-order valence-corrected chi connectivity index (χ2v) is 3.45. The van der Waals surface area contributed by atoms with Gasteiger partial charge in [0.1, 0.15) is 0 Å². The molecule has 0 bridgehead atoms. The smallest absolute Gasteiger partial charge is 0.217 e. The van der Waals surface area contributed by atoms with Gasteiger partial charge in [-0.25, -0.2) is 0 Å².